The Morgan fingerprint density at radius 1 is 1.00 bits per heavy atom. The summed E-state index contributed by atoms with van der Waals surface area (Å²) in [6.45, 7) is 4.33. The quantitative estimate of drug-likeness (QED) is 0.626. The van der Waals surface area contributed by atoms with Gasteiger partial charge in [-0.1, -0.05) is 42.5 Å². The molecule has 2 aromatic rings. The number of esters is 1. The van der Waals surface area contributed by atoms with Crippen molar-refractivity contribution in [2.75, 3.05) is 37.7 Å². The van der Waals surface area contributed by atoms with Crippen molar-refractivity contribution in [1.82, 2.24) is 14.9 Å². The van der Waals surface area contributed by atoms with E-state index in [-0.39, 0.29) is 24.1 Å². The second-order valence-corrected chi connectivity index (χ2v) is 8.83. The maximum absolute atomic E-state index is 12.9. The predicted octanol–water partition coefficient (Wildman–Crippen LogP) is 4.34. The summed E-state index contributed by atoms with van der Waals surface area (Å²) >= 11 is 12.3. The zero-order chi connectivity index (χ0) is 22.0. The number of halogens is 2. The van der Waals surface area contributed by atoms with Crippen LogP contribution in [-0.2, 0) is 9.53 Å². The molecule has 0 unspecified atom stereocenters. The molecule has 31 heavy (non-hydrogen) atoms. The molecule has 1 saturated carbocycles. The molecule has 166 valence electrons. The number of hydrogen-bond donors (Lipinski definition) is 0. The highest BCUT2D eigenvalue weighted by atomic mass is 35.5. The first kappa shape index (κ1) is 22.1. The Kier molecular flexibility index (Phi) is 6.82. The molecule has 0 spiro atoms. The molecular weight excluding hydrogens is 439 g/mol. The smallest absolute Gasteiger partial charge is 0.360 e. The van der Waals surface area contributed by atoms with Gasteiger partial charge in [0.1, 0.15) is 0 Å². The van der Waals surface area contributed by atoms with Crippen LogP contribution in [0.1, 0.15) is 49.5 Å². The molecule has 9 heteroatoms. The lowest BCUT2D eigenvalue weighted by atomic mass is 9.88. The topological polar surface area (TPSA) is 75.6 Å². The SMILES string of the molecule is CCOC(=O)c1nc2cc(Cl)c(Cl)cc2nc1N1CCN(C(=O)C2CCCCC2)CC1. The Balaban J connectivity index is 1.58. The summed E-state index contributed by atoms with van der Waals surface area (Å²) in [5.41, 5.74) is 1.19. The number of ether oxygens (including phenoxy) is 1. The largest absolute Gasteiger partial charge is 0.461 e. The summed E-state index contributed by atoms with van der Waals surface area (Å²) in [5, 5.41) is 0.724. The predicted molar refractivity (Wildman–Crippen MR) is 121 cm³/mol. The van der Waals surface area contributed by atoms with Gasteiger partial charge >= 0.3 is 5.97 Å². The molecule has 0 N–H and O–H groups in total. The molecule has 2 aliphatic rings. The Hall–Kier alpha value is -2.12. The third-order valence-electron chi connectivity index (χ3n) is 6.00. The molecule has 2 heterocycles. The number of anilines is 1. The molecule has 1 aromatic carbocycles. The van der Waals surface area contributed by atoms with Crippen LogP contribution in [0.5, 0.6) is 0 Å². The number of carbonyl (C=O) groups is 2. The average molecular weight is 465 g/mol. The number of nitrogens with zero attached hydrogens (tertiary/aromatic N) is 4. The van der Waals surface area contributed by atoms with E-state index in [0.29, 0.717) is 53.1 Å². The van der Waals surface area contributed by atoms with Crippen molar-refractivity contribution in [3.8, 4) is 0 Å². The summed E-state index contributed by atoms with van der Waals surface area (Å²) in [6.07, 6.45) is 5.48. The van der Waals surface area contributed by atoms with Gasteiger partial charge in [0.2, 0.25) is 5.91 Å². The van der Waals surface area contributed by atoms with Crippen LogP contribution in [-0.4, -0.2) is 59.5 Å². The summed E-state index contributed by atoms with van der Waals surface area (Å²) in [4.78, 5) is 38.6. The molecule has 7 nitrogen and oxygen atoms in total. The highest BCUT2D eigenvalue weighted by molar-refractivity contribution is 6.42. The number of benzene rings is 1. The molecule has 1 amide bonds. The zero-order valence-corrected chi connectivity index (χ0v) is 19.1. The first-order chi connectivity index (χ1) is 15.0. The fraction of sp³-hybridized carbons (Fsp3) is 0.545. The van der Waals surface area contributed by atoms with E-state index >= 15 is 0 Å². The molecule has 0 atom stereocenters. The fourth-order valence-corrected chi connectivity index (χ4v) is 4.66. The second kappa shape index (κ2) is 9.57. The van der Waals surface area contributed by atoms with Crippen LogP contribution < -0.4 is 4.90 Å². The highest BCUT2D eigenvalue weighted by Crippen LogP contribution is 2.30. The maximum Gasteiger partial charge on any atom is 0.360 e. The lowest BCUT2D eigenvalue weighted by molar-refractivity contribution is -0.136. The van der Waals surface area contributed by atoms with Crippen molar-refractivity contribution in [2.24, 2.45) is 5.92 Å². The average Bonchev–Trinajstić information content (AvgIpc) is 2.79. The van der Waals surface area contributed by atoms with Crippen molar-refractivity contribution in [1.29, 1.82) is 0 Å². The van der Waals surface area contributed by atoms with Crippen molar-refractivity contribution < 1.29 is 14.3 Å². The molecule has 1 aromatic heterocycles. The maximum atomic E-state index is 12.9. The van der Waals surface area contributed by atoms with E-state index in [0.717, 1.165) is 25.7 Å². The standard InChI is InChI=1S/C22H26Cl2N4O3/c1-2-31-22(30)19-20(26-18-13-16(24)15(23)12-17(18)25-19)27-8-10-28(11-9-27)21(29)14-6-4-3-5-7-14/h12-14H,2-11H2,1H3. The lowest BCUT2D eigenvalue weighted by Crippen LogP contribution is -2.51. The highest BCUT2D eigenvalue weighted by Gasteiger charge is 2.31. The molecule has 2 fully saturated rings. The molecule has 1 aliphatic heterocycles. The van der Waals surface area contributed by atoms with Gasteiger partial charge in [-0.25, -0.2) is 14.8 Å². The minimum absolute atomic E-state index is 0.153. The normalized spacial score (nSPS) is 17.8. The minimum Gasteiger partial charge on any atom is -0.461 e. The van der Waals surface area contributed by atoms with Gasteiger partial charge in [-0.3, -0.25) is 4.79 Å². The van der Waals surface area contributed by atoms with Gasteiger partial charge in [0, 0.05) is 32.1 Å². The van der Waals surface area contributed by atoms with Gasteiger partial charge < -0.3 is 14.5 Å². The molecule has 4 rings (SSSR count). The first-order valence-corrected chi connectivity index (χ1v) is 11.6. The van der Waals surface area contributed by atoms with E-state index in [2.05, 4.69) is 9.97 Å². The summed E-state index contributed by atoms with van der Waals surface area (Å²) in [6, 6.07) is 3.24. The lowest BCUT2D eigenvalue weighted by Gasteiger charge is -2.38. The van der Waals surface area contributed by atoms with Crippen LogP contribution in [0.25, 0.3) is 11.0 Å². The van der Waals surface area contributed by atoms with E-state index in [4.69, 9.17) is 27.9 Å². The molecule has 0 radical (unpaired) electrons. The fourth-order valence-electron chi connectivity index (χ4n) is 4.35. The third-order valence-corrected chi connectivity index (χ3v) is 6.72. The Morgan fingerprint density at radius 3 is 2.23 bits per heavy atom. The van der Waals surface area contributed by atoms with Crippen LogP contribution in [0, 0.1) is 5.92 Å². The van der Waals surface area contributed by atoms with Crippen molar-refractivity contribution >= 4 is 51.9 Å². The summed E-state index contributed by atoms with van der Waals surface area (Å²) < 4.78 is 5.21. The zero-order valence-electron chi connectivity index (χ0n) is 17.6. The first-order valence-electron chi connectivity index (χ1n) is 10.9. The Bertz CT molecular complexity index is 986. The Labute approximate surface area is 191 Å². The van der Waals surface area contributed by atoms with Gasteiger partial charge in [0.15, 0.2) is 11.5 Å². The van der Waals surface area contributed by atoms with Crippen LogP contribution in [0.4, 0.5) is 5.82 Å². The molecular formula is C22H26Cl2N4O3. The van der Waals surface area contributed by atoms with E-state index in [1.165, 1.54) is 6.42 Å². The van der Waals surface area contributed by atoms with Gasteiger partial charge in [0.05, 0.1) is 27.7 Å². The van der Waals surface area contributed by atoms with Crippen LogP contribution in [0.3, 0.4) is 0 Å². The van der Waals surface area contributed by atoms with Crippen LogP contribution in [0.2, 0.25) is 10.0 Å². The number of fused-ring (bicyclic) bond motifs is 1. The summed E-state index contributed by atoms with van der Waals surface area (Å²) in [5.74, 6) is 0.339. The number of carbonyl (C=O) groups excluding carboxylic acids is 2. The van der Waals surface area contributed by atoms with E-state index < -0.39 is 5.97 Å². The third kappa shape index (κ3) is 4.72. The van der Waals surface area contributed by atoms with E-state index in [1.54, 1.807) is 19.1 Å². The van der Waals surface area contributed by atoms with Crippen molar-refractivity contribution in [3.63, 3.8) is 0 Å². The van der Waals surface area contributed by atoms with Gasteiger partial charge in [-0.2, -0.15) is 0 Å². The van der Waals surface area contributed by atoms with Crippen LogP contribution >= 0.6 is 23.2 Å². The Morgan fingerprint density at radius 2 is 1.61 bits per heavy atom. The van der Waals surface area contributed by atoms with Crippen molar-refractivity contribution in [2.45, 2.75) is 39.0 Å². The number of amides is 1. The van der Waals surface area contributed by atoms with E-state index in [9.17, 15) is 9.59 Å². The van der Waals surface area contributed by atoms with Gasteiger partial charge in [-0.05, 0) is 31.9 Å². The second-order valence-electron chi connectivity index (χ2n) is 8.02. The monoisotopic (exact) mass is 464 g/mol. The molecule has 1 saturated heterocycles. The molecule has 0 bridgehead atoms. The van der Waals surface area contributed by atoms with Gasteiger partial charge in [0.25, 0.3) is 0 Å². The van der Waals surface area contributed by atoms with Crippen molar-refractivity contribution in [3.05, 3.63) is 27.9 Å². The number of rotatable bonds is 4. The molecule has 1 aliphatic carbocycles. The summed E-state index contributed by atoms with van der Waals surface area (Å²) in [7, 11) is 0. The van der Waals surface area contributed by atoms with Gasteiger partial charge in [-0.15, -0.1) is 0 Å². The number of aromatic nitrogens is 2. The number of hydrogen-bond acceptors (Lipinski definition) is 6. The minimum atomic E-state index is -0.529. The number of piperazine rings is 1. The van der Waals surface area contributed by atoms with E-state index in [1.807, 2.05) is 9.80 Å². The van der Waals surface area contributed by atoms with Crippen LogP contribution in [0.15, 0.2) is 12.1 Å².